The topological polar surface area (TPSA) is 34.1 Å². The van der Waals surface area contributed by atoms with Crippen LogP contribution in [0.3, 0.4) is 0 Å². The number of ketones is 1. The lowest BCUT2D eigenvalue weighted by Crippen LogP contribution is -2.34. The Balaban J connectivity index is 3.99. The molecule has 0 bridgehead atoms. The Bertz CT molecular complexity index is 155. The van der Waals surface area contributed by atoms with Gasteiger partial charge in [0.1, 0.15) is 19.3 Å². The van der Waals surface area contributed by atoms with Crippen molar-refractivity contribution in [2.24, 2.45) is 0 Å². The van der Waals surface area contributed by atoms with Crippen molar-refractivity contribution in [1.29, 1.82) is 0 Å². The fourth-order valence-corrected chi connectivity index (χ4v) is 1.27. The van der Waals surface area contributed by atoms with Gasteiger partial charge in [0.2, 0.25) is 0 Å². The normalized spacial score (nSPS) is 11.2. The van der Waals surface area contributed by atoms with Gasteiger partial charge in [0.25, 0.3) is 0 Å². The monoisotopic (exact) mass is 158 g/mol. The molecule has 0 N–H and O–H groups in total. The highest BCUT2D eigenvalue weighted by atomic mass is 28.3. The second-order valence-electron chi connectivity index (χ2n) is 3.55. The molecule has 0 aromatic rings. The van der Waals surface area contributed by atoms with Crippen molar-refractivity contribution >= 4 is 19.3 Å². The van der Waals surface area contributed by atoms with Crippen LogP contribution in [-0.2, 0) is 9.59 Å². The lowest BCUT2D eigenvalue weighted by molar-refractivity contribution is -0.122. The van der Waals surface area contributed by atoms with Gasteiger partial charge in [0.05, 0.1) is 6.42 Å². The predicted molar refractivity (Wildman–Crippen MR) is 43.7 cm³/mol. The maximum absolute atomic E-state index is 11.1. The van der Waals surface area contributed by atoms with E-state index in [9.17, 15) is 9.59 Å². The molecule has 0 fully saturated rings. The average Bonchev–Trinajstić information content (AvgIpc) is 1.60. The van der Waals surface area contributed by atoms with Crippen LogP contribution in [0.2, 0.25) is 19.6 Å². The Labute approximate surface area is 62.6 Å². The molecule has 0 amide bonds. The predicted octanol–water partition coefficient (Wildman–Crippen LogP) is 1.41. The molecule has 3 heteroatoms. The van der Waals surface area contributed by atoms with Crippen LogP contribution < -0.4 is 0 Å². The molecule has 0 aromatic heterocycles. The molecule has 0 aliphatic rings. The van der Waals surface area contributed by atoms with E-state index in [4.69, 9.17) is 0 Å². The van der Waals surface area contributed by atoms with Crippen molar-refractivity contribution in [3.05, 3.63) is 0 Å². The van der Waals surface area contributed by atoms with Gasteiger partial charge >= 0.3 is 0 Å². The highest BCUT2D eigenvalue weighted by Gasteiger charge is 2.24. The molecule has 0 saturated heterocycles. The highest BCUT2D eigenvalue weighted by molar-refractivity contribution is 7.03. The Hall–Kier alpha value is -0.443. The third kappa shape index (κ3) is 3.56. The minimum absolute atomic E-state index is 0.0209. The summed E-state index contributed by atoms with van der Waals surface area (Å²) in [6.45, 7) is 7.33. The number of carbonyl (C=O) groups excluding carboxylic acids is 2. The Morgan fingerprint density at radius 2 is 1.60 bits per heavy atom. The zero-order valence-electron chi connectivity index (χ0n) is 7.02. The summed E-state index contributed by atoms with van der Waals surface area (Å²) in [4.78, 5) is 21.6. The second-order valence-corrected chi connectivity index (χ2v) is 8.61. The van der Waals surface area contributed by atoms with E-state index in [1.54, 1.807) is 0 Å². The van der Waals surface area contributed by atoms with Crippen molar-refractivity contribution in [1.82, 2.24) is 0 Å². The van der Waals surface area contributed by atoms with Crippen LogP contribution in [0.5, 0.6) is 0 Å². The van der Waals surface area contributed by atoms with Crippen molar-refractivity contribution in [2.45, 2.75) is 33.0 Å². The van der Waals surface area contributed by atoms with Gasteiger partial charge in [0.15, 0.2) is 0 Å². The molecule has 0 radical (unpaired) electrons. The van der Waals surface area contributed by atoms with Crippen LogP contribution in [0.4, 0.5) is 0 Å². The third-order valence-corrected chi connectivity index (χ3v) is 3.10. The molecule has 0 aliphatic heterocycles. The van der Waals surface area contributed by atoms with Gasteiger partial charge in [-0.3, -0.25) is 4.79 Å². The van der Waals surface area contributed by atoms with E-state index in [-0.39, 0.29) is 17.6 Å². The molecular formula is C7H14O2Si. The molecule has 58 valence electrons. The number of Topliss-reactive ketones (excluding diaryl/α,β-unsaturated/α-hetero) is 1. The number of carbonyl (C=O) groups is 2. The van der Waals surface area contributed by atoms with E-state index >= 15 is 0 Å². The summed E-state index contributed by atoms with van der Waals surface area (Å²) in [7, 11) is -1.68. The van der Waals surface area contributed by atoms with Gasteiger partial charge in [-0.15, -0.1) is 0 Å². The number of hydrogen-bond donors (Lipinski definition) is 0. The molecule has 0 unspecified atom stereocenters. The van der Waals surface area contributed by atoms with Crippen LogP contribution in [0.25, 0.3) is 0 Å². The average molecular weight is 158 g/mol. The molecule has 0 spiro atoms. The standard InChI is InChI=1S/C7H14O2Si/c1-6(8)5-7(9)10(2,3)4/h5H2,1-4H3. The molecule has 10 heavy (non-hydrogen) atoms. The largest absolute Gasteiger partial charge is 0.305 e. The quantitative estimate of drug-likeness (QED) is 0.460. The van der Waals surface area contributed by atoms with Crippen molar-refractivity contribution < 1.29 is 9.59 Å². The first-order chi connectivity index (χ1) is 4.34. The summed E-state index contributed by atoms with van der Waals surface area (Å²) >= 11 is 0. The second kappa shape index (κ2) is 3.10. The smallest absolute Gasteiger partial charge is 0.136 e. The number of rotatable bonds is 3. The van der Waals surface area contributed by atoms with Crippen molar-refractivity contribution in [3.63, 3.8) is 0 Å². The summed E-state index contributed by atoms with van der Waals surface area (Å²) in [6, 6.07) is 0. The molecule has 0 atom stereocenters. The third-order valence-electron chi connectivity index (χ3n) is 1.25. The maximum atomic E-state index is 11.1. The van der Waals surface area contributed by atoms with Gasteiger partial charge in [-0.2, -0.15) is 0 Å². The van der Waals surface area contributed by atoms with E-state index in [1.807, 2.05) is 19.6 Å². The fraction of sp³-hybridized carbons (Fsp3) is 0.714. The van der Waals surface area contributed by atoms with E-state index in [0.29, 0.717) is 0 Å². The van der Waals surface area contributed by atoms with Crippen LogP contribution >= 0.6 is 0 Å². The molecular weight excluding hydrogens is 144 g/mol. The fourth-order valence-electron chi connectivity index (χ4n) is 0.491. The Morgan fingerprint density at radius 3 is 1.70 bits per heavy atom. The molecule has 0 heterocycles. The van der Waals surface area contributed by atoms with Gasteiger partial charge < -0.3 is 4.79 Å². The highest BCUT2D eigenvalue weighted by Crippen LogP contribution is 2.04. The zero-order chi connectivity index (χ0) is 8.36. The molecule has 0 rings (SSSR count). The van der Waals surface area contributed by atoms with E-state index in [1.165, 1.54) is 6.92 Å². The van der Waals surface area contributed by atoms with Crippen molar-refractivity contribution in [3.8, 4) is 0 Å². The maximum Gasteiger partial charge on any atom is 0.136 e. The van der Waals surface area contributed by atoms with Crippen LogP contribution in [0.1, 0.15) is 13.3 Å². The Morgan fingerprint density at radius 1 is 1.20 bits per heavy atom. The van der Waals surface area contributed by atoms with E-state index < -0.39 is 8.07 Å². The summed E-state index contributed by atoms with van der Waals surface area (Å²) < 4.78 is 0. The molecule has 2 nitrogen and oxygen atoms in total. The summed E-state index contributed by atoms with van der Waals surface area (Å²) in [5.74, 6) is -0.0209. The minimum Gasteiger partial charge on any atom is -0.305 e. The van der Waals surface area contributed by atoms with Crippen molar-refractivity contribution in [2.75, 3.05) is 0 Å². The summed E-state index contributed by atoms with van der Waals surface area (Å²) in [5, 5.41) is 0.153. The van der Waals surface area contributed by atoms with Gasteiger partial charge in [-0.1, -0.05) is 19.6 Å². The summed E-state index contributed by atoms with van der Waals surface area (Å²) in [6.07, 6.45) is 0.135. The lowest BCUT2D eigenvalue weighted by Gasteiger charge is -2.11. The zero-order valence-corrected chi connectivity index (χ0v) is 8.02. The summed E-state index contributed by atoms with van der Waals surface area (Å²) in [5.41, 5.74) is 0. The van der Waals surface area contributed by atoms with Gasteiger partial charge in [0, 0.05) is 0 Å². The minimum atomic E-state index is -1.68. The van der Waals surface area contributed by atoms with E-state index in [2.05, 4.69) is 0 Å². The van der Waals surface area contributed by atoms with Gasteiger partial charge in [-0.05, 0) is 6.92 Å². The lowest BCUT2D eigenvalue weighted by atomic mass is 10.3. The van der Waals surface area contributed by atoms with E-state index in [0.717, 1.165) is 0 Å². The first kappa shape index (κ1) is 9.56. The number of hydrogen-bond acceptors (Lipinski definition) is 2. The van der Waals surface area contributed by atoms with Crippen LogP contribution in [0, 0.1) is 0 Å². The van der Waals surface area contributed by atoms with Crippen LogP contribution in [-0.4, -0.2) is 19.3 Å². The molecule has 0 saturated carbocycles. The molecule has 0 aromatic carbocycles. The molecule has 0 aliphatic carbocycles. The van der Waals surface area contributed by atoms with Gasteiger partial charge in [-0.25, -0.2) is 0 Å². The Kier molecular flexibility index (Phi) is 2.96. The first-order valence-electron chi connectivity index (χ1n) is 3.37. The first-order valence-corrected chi connectivity index (χ1v) is 6.87. The van der Waals surface area contributed by atoms with Crippen LogP contribution in [0.15, 0.2) is 0 Å². The SMILES string of the molecule is CC(=O)CC(=O)[Si](C)(C)C.